The molecule has 0 spiro atoms. The molecule has 25 heavy (non-hydrogen) atoms. The molecule has 2 amide bonds. The summed E-state index contributed by atoms with van der Waals surface area (Å²) in [6.45, 7) is 1.17. The maximum atomic E-state index is 12.2. The number of hydrogen-bond donors (Lipinski definition) is 2. The number of hydrogen-bond acceptors (Lipinski definition) is 5. The van der Waals surface area contributed by atoms with Crippen LogP contribution in [0.1, 0.15) is 25.7 Å². The van der Waals surface area contributed by atoms with Gasteiger partial charge in [0.2, 0.25) is 11.8 Å². The maximum absolute atomic E-state index is 12.2. The van der Waals surface area contributed by atoms with Crippen molar-refractivity contribution in [3.8, 4) is 0 Å². The van der Waals surface area contributed by atoms with Gasteiger partial charge in [0, 0.05) is 31.1 Å². The SMILES string of the molecule is O=C(CNC(=O)C1CCN(c2ccccc2[N+](=O)[O-])CC1)NC1CC1. The fourth-order valence-electron chi connectivity index (χ4n) is 3.09. The Morgan fingerprint density at radius 3 is 2.48 bits per heavy atom. The number of piperidine rings is 1. The van der Waals surface area contributed by atoms with Gasteiger partial charge in [-0.1, -0.05) is 12.1 Å². The monoisotopic (exact) mass is 346 g/mol. The summed E-state index contributed by atoms with van der Waals surface area (Å²) in [4.78, 5) is 36.5. The standard InChI is InChI=1S/C17H22N4O4/c22-16(19-13-5-6-13)11-18-17(23)12-7-9-20(10-8-12)14-3-1-2-4-15(14)21(24)25/h1-4,12-13H,5-11H2,(H,18,23)(H,19,22). The number of para-hydroxylation sites is 2. The second-order valence-electron chi connectivity index (χ2n) is 6.57. The molecule has 0 unspecified atom stereocenters. The molecular formula is C17H22N4O4. The van der Waals surface area contributed by atoms with E-state index in [1.165, 1.54) is 6.07 Å². The highest BCUT2D eigenvalue weighted by Gasteiger charge is 2.28. The number of nitrogens with zero attached hydrogens (tertiary/aromatic N) is 2. The van der Waals surface area contributed by atoms with Gasteiger partial charge in [0.1, 0.15) is 5.69 Å². The average molecular weight is 346 g/mol. The lowest BCUT2D eigenvalue weighted by Crippen LogP contribution is -2.44. The molecule has 0 atom stereocenters. The minimum absolute atomic E-state index is 0.0136. The first-order valence-corrected chi connectivity index (χ1v) is 8.60. The zero-order valence-electron chi connectivity index (χ0n) is 13.9. The van der Waals surface area contributed by atoms with Gasteiger partial charge in [-0.3, -0.25) is 19.7 Å². The molecule has 1 aromatic carbocycles. The summed E-state index contributed by atoms with van der Waals surface area (Å²) >= 11 is 0. The third-order valence-corrected chi connectivity index (χ3v) is 4.65. The largest absolute Gasteiger partial charge is 0.366 e. The first kappa shape index (κ1) is 17.2. The highest BCUT2D eigenvalue weighted by Crippen LogP contribution is 2.31. The van der Waals surface area contributed by atoms with Crippen molar-refractivity contribution in [1.29, 1.82) is 0 Å². The summed E-state index contributed by atoms with van der Waals surface area (Å²) in [6, 6.07) is 6.94. The van der Waals surface area contributed by atoms with E-state index in [-0.39, 0.29) is 40.9 Å². The Hall–Kier alpha value is -2.64. The Morgan fingerprint density at radius 2 is 1.84 bits per heavy atom. The molecule has 3 rings (SSSR count). The highest BCUT2D eigenvalue weighted by molar-refractivity contribution is 5.86. The van der Waals surface area contributed by atoms with Gasteiger partial charge in [0.05, 0.1) is 11.5 Å². The molecule has 1 saturated carbocycles. The van der Waals surface area contributed by atoms with Crippen molar-refractivity contribution >= 4 is 23.2 Å². The molecule has 0 bridgehead atoms. The summed E-state index contributed by atoms with van der Waals surface area (Å²) in [5.41, 5.74) is 0.678. The normalized spacial score (nSPS) is 17.8. The van der Waals surface area contributed by atoms with E-state index >= 15 is 0 Å². The lowest BCUT2D eigenvalue weighted by molar-refractivity contribution is -0.384. The number of nitro benzene ring substituents is 1. The lowest BCUT2D eigenvalue weighted by Gasteiger charge is -2.32. The zero-order valence-corrected chi connectivity index (χ0v) is 13.9. The molecule has 8 heteroatoms. The Labute approximate surface area is 145 Å². The summed E-state index contributed by atoms with van der Waals surface area (Å²) in [5.74, 6) is -0.422. The summed E-state index contributed by atoms with van der Waals surface area (Å²) in [5, 5.41) is 16.7. The van der Waals surface area contributed by atoms with Crippen LogP contribution in [0, 0.1) is 16.0 Å². The van der Waals surface area contributed by atoms with Crippen molar-refractivity contribution in [2.45, 2.75) is 31.7 Å². The average Bonchev–Trinajstić information content (AvgIpc) is 3.43. The predicted molar refractivity (Wildman–Crippen MR) is 92.2 cm³/mol. The molecule has 134 valence electrons. The van der Waals surface area contributed by atoms with E-state index in [1.807, 2.05) is 4.90 Å². The summed E-state index contributed by atoms with van der Waals surface area (Å²) in [7, 11) is 0. The van der Waals surface area contributed by atoms with Crippen LogP contribution in [0.5, 0.6) is 0 Å². The quantitative estimate of drug-likeness (QED) is 0.595. The van der Waals surface area contributed by atoms with Gasteiger partial charge in [-0.15, -0.1) is 0 Å². The molecule has 1 saturated heterocycles. The smallest absolute Gasteiger partial charge is 0.292 e. The van der Waals surface area contributed by atoms with E-state index in [9.17, 15) is 19.7 Å². The van der Waals surface area contributed by atoms with Crippen molar-refractivity contribution in [1.82, 2.24) is 10.6 Å². The van der Waals surface area contributed by atoms with Crippen LogP contribution in [0.15, 0.2) is 24.3 Å². The number of nitrogens with one attached hydrogen (secondary N) is 2. The van der Waals surface area contributed by atoms with E-state index in [4.69, 9.17) is 0 Å². The number of nitro groups is 1. The van der Waals surface area contributed by atoms with Gasteiger partial charge >= 0.3 is 0 Å². The Balaban J connectivity index is 1.49. The van der Waals surface area contributed by atoms with Crippen LogP contribution in [0.4, 0.5) is 11.4 Å². The Kier molecular flexibility index (Phi) is 5.16. The molecule has 0 aromatic heterocycles. The maximum Gasteiger partial charge on any atom is 0.292 e. The highest BCUT2D eigenvalue weighted by atomic mass is 16.6. The van der Waals surface area contributed by atoms with Crippen molar-refractivity contribution in [2.24, 2.45) is 5.92 Å². The Bertz CT molecular complexity index is 666. The van der Waals surface area contributed by atoms with Gasteiger partial charge in [0.25, 0.3) is 5.69 Å². The molecule has 2 fully saturated rings. The van der Waals surface area contributed by atoms with E-state index in [2.05, 4.69) is 10.6 Å². The number of anilines is 1. The topological polar surface area (TPSA) is 105 Å². The van der Waals surface area contributed by atoms with E-state index in [0.29, 0.717) is 31.6 Å². The third-order valence-electron chi connectivity index (χ3n) is 4.65. The molecule has 1 aromatic rings. The van der Waals surface area contributed by atoms with Crippen LogP contribution < -0.4 is 15.5 Å². The number of carbonyl (C=O) groups excluding carboxylic acids is 2. The van der Waals surface area contributed by atoms with Gasteiger partial charge < -0.3 is 15.5 Å². The van der Waals surface area contributed by atoms with Crippen LogP contribution in [0.25, 0.3) is 0 Å². The van der Waals surface area contributed by atoms with Crippen molar-refractivity contribution in [3.05, 3.63) is 34.4 Å². The minimum atomic E-state index is -0.382. The summed E-state index contributed by atoms with van der Waals surface area (Å²) < 4.78 is 0. The summed E-state index contributed by atoms with van der Waals surface area (Å²) in [6.07, 6.45) is 3.26. The van der Waals surface area contributed by atoms with Crippen LogP contribution in [-0.2, 0) is 9.59 Å². The van der Waals surface area contributed by atoms with Crippen LogP contribution in [0.3, 0.4) is 0 Å². The van der Waals surface area contributed by atoms with Crippen molar-refractivity contribution in [3.63, 3.8) is 0 Å². The molecule has 2 N–H and O–H groups in total. The molecule has 1 heterocycles. The van der Waals surface area contributed by atoms with Crippen molar-refractivity contribution < 1.29 is 14.5 Å². The number of carbonyl (C=O) groups is 2. The van der Waals surface area contributed by atoms with Crippen LogP contribution in [0.2, 0.25) is 0 Å². The molecule has 8 nitrogen and oxygen atoms in total. The van der Waals surface area contributed by atoms with Gasteiger partial charge in [-0.05, 0) is 31.7 Å². The minimum Gasteiger partial charge on any atom is -0.366 e. The second kappa shape index (κ2) is 7.50. The fourth-order valence-corrected chi connectivity index (χ4v) is 3.09. The van der Waals surface area contributed by atoms with Gasteiger partial charge in [0.15, 0.2) is 0 Å². The van der Waals surface area contributed by atoms with E-state index < -0.39 is 0 Å². The second-order valence-corrected chi connectivity index (χ2v) is 6.57. The molecule has 2 aliphatic rings. The fraction of sp³-hybridized carbons (Fsp3) is 0.529. The molecular weight excluding hydrogens is 324 g/mol. The number of amides is 2. The van der Waals surface area contributed by atoms with E-state index in [0.717, 1.165) is 12.8 Å². The molecule has 0 radical (unpaired) electrons. The van der Waals surface area contributed by atoms with Crippen molar-refractivity contribution in [2.75, 3.05) is 24.5 Å². The molecule has 1 aliphatic carbocycles. The van der Waals surface area contributed by atoms with Crippen LogP contribution in [-0.4, -0.2) is 42.4 Å². The lowest BCUT2D eigenvalue weighted by atomic mass is 9.95. The number of rotatable bonds is 6. The first-order valence-electron chi connectivity index (χ1n) is 8.60. The predicted octanol–water partition coefficient (Wildman–Crippen LogP) is 1.21. The first-order chi connectivity index (χ1) is 12.0. The Morgan fingerprint density at radius 1 is 1.16 bits per heavy atom. The third kappa shape index (κ3) is 4.46. The van der Waals surface area contributed by atoms with Crippen LogP contribution >= 0.6 is 0 Å². The van der Waals surface area contributed by atoms with E-state index in [1.54, 1.807) is 18.2 Å². The number of benzene rings is 1. The zero-order chi connectivity index (χ0) is 17.8. The van der Waals surface area contributed by atoms with Gasteiger partial charge in [-0.25, -0.2) is 0 Å². The van der Waals surface area contributed by atoms with Gasteiger partial charge in [-0.2, -0.15) is 0 Å². The molecule has 1 aliphatic heterocycles.